The molecule has 8 heavy (non-hydrogen) atoms. The third-order valence-electron chi connectivity index (χ3n) is 0. The molecule has 0 nitrogen and oxygen atoms in total. The standard InChI is InChI=1S/4BH4.4Li/h4*1H4;;;;/q4*-1;4*+1. The van der Waals surface area contributed by atoms with Crippen molar-refractivity contribution in [2.45, 2.75) is 0 Å². The molecule has 0 heterocycles. The molecule has 0 saturated carbocycles. The van der Waals surface area contributed by atoms with Crippen molar-refractivity contribution in [2.75, 3.05) is 0 Å². The van der Waals surface area contributed by atoms with E-state index in [4.69, 9.17) is 0 Å². The largest absolute Gasteiger partial charge is 1.00 e. The Hall–Kier alpha value is 2.65. The zero-order chi connectivity index (χ0) is 0. The Kier molecular flexibility index (Phi) is 1820. The van der Waals surface area contributed by atoms with E-state index in [1.54, 1.807) is 0 Å². The summed E-state index contributed by atoms with van der Waals surface area (Å²) in [5, 5.41) is 0. The van der Waals surface area contributed by atoms with Crippen LogP contribution in [0.4, 0.5) is 0 Å². The number of hydrogen-bond acceptors (Lipinski definition) is 0. The smallest absolute Gasteiger partial charge is 0.0626 e. The Morgan fingerprint density at radius 1 is 0.250 bits per heavy atom. The summed E-state index contributed by atoms with van der Waals surface area (Å²) in [6, 6.07) is 0. The van der Waals surface area contributed by atoms with Crippen LogP contribution in [0.15, 0.2) is 0 Å². The van der Waals surface area contributed by atoms with Crippen molar-refractivity contribution in [1.82, 2.24) is 0 Å². The fourth-order valence-electron chi connectivity index (χ4n) is 0. The summed E-state index contributed by atoms with van der Waals surface area (Å²) in [7, 11) is 0. The van der Waals surface area contributed by atoms with Gasteiger partial charge in [-0.15, -0.1) is 0 Å². The Bertz CT molecular complexity index is 8.00. The first-order valence-electron chi connectivity index (χ1n) is 0. The summed E-state index contributed by atoms with van der Waals surface area (Å²) < 4.78 is 0. The molecule has 0 rings (SSSR count). The Morgan fingerprint density at radius 3 is 0.250 bits per heavy atom. The Balaban J connectivity index is 0. The molecule has 0 amide bonds. The van der Waals surface area contributed by atoms with E-state index in [-0.39, 0.29) is 109 Å². The molecular weight excluding hydrogens is 71.0 g/mol. The SMILES string of the molecule is [BH4-].[BH4-].[BH4-].[BH4-].[Li+].[Li+].[Li+].[Li+]. The molecule has 0 bridgehead atoms. The summed E-state index contributed by atoms with van der Waals surface area (Å²) in [5.41, 5.74) is 0. The monoisotopic (exact) mass is 88.2 g/mol. The van der Waals surface area contributed by atoms with Crippen molar-refractivity contribution in [2.24, 2.45) is 0 Å². The number of rotatable bonds is 0. The zero-order valence-corrected chi connectivity index (χ0v) is 4.00. The topological polar surface area (TPSA) is 0 Å². The molecule has 0 aromatic heterocycles. The van der Waals surface area contributed by atoms with Gasteiger partial charge in [-0.1, -0.05) is 33.7 Å². The summed E-state index contributed by atoms with van der Waals surface area (Å²) in [6.07, 6.45) is 0. The molecule has 0 N–H and O–H groups in total. The first-order valence-corrected chi connectivity index (χ1v) is 0. The summed E-state index contributed by atoms with van der Waals surface area (Å²) in [6.45, 7) is 0. The second-order valence-corrected chi connectivity index (χ2v) is 0. The number of hydrogen-bond donors (Lipinski definition) is 0. The predicted octanol–water partition coefficient (Wildman–Crippen LogP) is -17.8. The van der Waals surface area contributed by atoms with Gasteiger partial charge in [0.15, 0.2) is 0 Å². The summed E-state index contributed by atoms with van der Waals surface area (Å²) in [5.74, 6) is 0. The molecule has 0 atom stereocenters. The van der Waals surface area contributed by atoms with E-state index in [2.05, 4.69) is 0 Å². The van der Waals surface area contributed by atoms with Gasteiger partial charge in [-0.25, -0.2) is 0 Å². The molecule has 0 aliphatic heterocycles. The van der Waals surface area contributed by atoms with E-state index in [1.807, 2.05) is 0 Å². The molecule has 0 radical (unpaired) electrons. The van der Waals surface area contributed by atoms with Crippen molar-refractivity contribution >= 4 is 33.7 Å². The van der Waals surface area contributed by atoms with Crippen LogP contribution in [0.25, 0.3) is 0 Å². The van der Waals surface area contributed by atoms with E-state index >= 15 is 0 Å². The van der Waals surface area contributed by atoms with Crippen LogP contribution in [-0.2, 0) is 0 Å². The van der Waals surface area contributed by atoms with Crippen molar-refractivity contribution < 1.29 is 75.4 Å². The van der Waals surface area contributed by atoms with Gasteiger partial charge in [0.2, 0.25) is 0 Å². The van der Waals surface area contributed by atoms with Crippen LogP contribution in [-0.4, -0.2) is 33.7 Å². The van der Waals surface area contributed by atoms with Gasteiger partial charge in [-0.2, -0.15) is 0 Å². The molecular formula is H16B4Li4. The van der Waals surface area contributed by atoms with Crippen LogP contribution in [0.5, 0.6) is 0 Å². The summed E-state index contributed by atoms with van der Waals surface area (Å²) in [4.78, 5) is 0. The van der Waals surface area contributed by atoms with E-state index in [1.165, 1.54) is 0 Å². The minimum absolute atomic E-state index is 0. The third-order valence-corrected chi connectivity index (χ3v) is 0. The van der Waals surface area contributed by atoms with Crippen molar-refractivity contribution in [1.29, 1.82) is 0 Å². The van der Waals surface area contributed by atoms with Crippen LogP contribution in [0.1, 0.15) is 0 Å². The fourth-order valence-corrected chi connectivity index (χ4v) is 0. The van der Waals surface area contributed by atoms with E-state index < -0.39 is 0 Å². The molecule has 0 aliphatic rings. The van der Waals surface area contributed by atoms with Gasteiger partial charge in [-0.05, 0) is 0 Å². The maximum atomic E-state index is 0. The zero-order valence-electron chi connectivity index (χ0n) is 4.00. The minimum atomic E-state index is 0. The molecule has 8 heteroatoms. The van der Waals surface area contributed by atoms with Gasteiger partial charge in [0.25, 0.3) is 0 Å². The van der Waals surface area contributed by atoms with Gasteiger partial charge < -0.3 is 0 Å². The van der Waals surface area contributed by atoms with Gasteiger partial charge in [-0.3, -0.25) is 0 Å². The second kappa shape index (κ2) is 103. The van der Waals surface area contributed by atoms with Crippen molar-refractivity contribution in [3.05, 3.63) is 0 Å². The molecule has 32 valence electrons. The maximum Gasteiger partial charge on any atom is 1.00 e. The minimum Gasteiger partial charge on any atom is -0.0626 e. The van der Waals surface area contributed by atoms with Gasteiger partial charge in [0.1, 0.15) is 0 Å². The maximum absolute atomic E-state index is 0. The fraction of sp³-hybridized carbons (Fsp3) is 0. The first-order chi connectivity index (χ1) is 0. The third kappa shape index (κ3) is 72.1. The average molecular weight is 87.1 g/mol. The van der Waals surface area contributed by atoms with Crippen LogP contribution in [0.3, 0.4) is 0 Å². The average Bonchev–Trinajstić information content (AvgIpc) is 0. The molecule has 0 aromatic carbocycles. The van der Waals surface area contributed by atoms with E-state index in [0.29, 0.717) is 0 Å². The molecule has 0 spiro atoms. The first kappa shape index (κ1) is 141. The quantitative estimate of drug-likeness (QED) is 0.257. The van der Waals surface area contributed by atoms with Crippen LogP contribution in [0, 0.1) is 0 Å². The van der Waals surface area contributed by atoms with E-state index in [9.17, 15) is 0 Å². The Morgan fingerprint density at radius 2 is 0.250 bits per heavy atom. The van der Waals surface area contributed by atoms with E-state index in [0.717, 1.165) is 0 Å². The van der Waals surface area contributed by atoms with Crippen LogP contribution < -0.4 is 75.4 Å². The molecule has 0 fully saturated rings. The van der Waals surface area contributed by atoms with Gasteiger partial charge in [0.05, 0.1) is 0 Å². The van der Waals surface area contributed by atoms with Gasteiger partial charge in [0, 0.05) is 0 Å². The molecule has 0 aromatic rings. The molecule has 0 unspecified atom stereocenters. The van der Waals surface area contributed by atoms with Crippen LogP contribution in [0.2, 0.25) is 0 Å². The van der Waals surface area contributed by atoms with Crippen molar-refractivity contribution in [3.63, 3.8) is 0 Å². The van der Waals surface area contributed by atoms with Crippen LogP contribution >= 0.6 is 0 Å². The second-order valence-electron chi connectivity index (χ2n) is 0. The van der Waals surface area contributed by atoms with Gasteiger partial charge >= 0.3 is 75.4 Å². The Labute approximate surface area is 108 Å². The molecule has 0 aliphatic carbocycles. The normalized spacial score (nSPS) is 0. The molecule has 0 saturated heterocycles. The van der Waals surface area contributed by atoms with Crippen molar-refractivity contribution in [3.8, 4) is 0 Å². The predicted molar refractivity (Wildman–Crippen MR) is 45.3 cm³/mol. The summed E-state index contributed by atoms with van der Waals surface area (Å²) >= 11 is 0.